The van der Waals surface area contributed by atoms with Crippen LogP contribution in [0.4, 0.5) is 5.69 Å². The summed E-state index contributed by atoms with van der Waals surface area (Å²) in [5.41, 5.74) is 2.22. The first-order valence-corrected chi connectivity index (χ1v) is 10.8. The highest BCUT2D eigenvalue weighted by atomic mass is 16.7. The largest absolute Gasteiger partial charge is 0.507 e. The Morgan fingerprint density at radius 3 is 2.49 bits per heavy atom. The number of hydrogen-bond acceptors (Lipinski definition) is 9. The van der Waals surface area contributed by atoms with Crippen molar-refractivity contribution in [2.45, 2.75) is 6.92 Å². The average Bonchev–Trinajstić information content (AvgIpc) is 3.35. The van der Waals surface area contributed by atoms with Gasteiger partial charge in [-0.3, -0.25) is 19.7 Å². The zero-order valence-electron chi connectivity index (χ0n) is 19.3. The monoisotopic (exact) mass is 504 g/mol. The number of phenolic OH excluding ortho intramolecular Hbond substituents is 2. The predicted octanol–water partition coefficient (Wildman–Crippen LogP) is 3.05. The lowest BCUT2D eigenvalue weighted by Crippen LogP contribution is -2.33. The third kappa shape index (κ3) is 5.65. The predicted molar refractivity (Wildman–Crippen MR) is 131 cm³/mol. The summed E-state index contributed by atoms with van der Waals surface area (Å²) in [6.07, 6.45) is 1.41. The Balaban J connectivity index is 1.62. The topological polar surface area (TPSA) is 173 Å². The second kappa shape index (κ2) is 10.5. The molecule has 188 valence electrons. The first kappa shape index (κ1) is 24.7. The Morgan fingerprint density at radius 1 is 1.03 bits per heavy atom. The highest BCUT2D eigenvalue weighted by Gasteiger charge is 2.20. The zero-order chi connectivity index (χ0) is 26.5. The van der Waals surface area contributed by atoms with Crippen LogP contribution in [0.5, 0.6) is 23.0 Å². The van der Waals surface area contributed by atoms with Crippen LogP contribution in [-0.2, 0) is 4.79 Å². The van der Waals surface area contributed by atoms with Gasteiger partial charge in [0.25, 0.3) is 11.8 Å². The van der Waals surface area contributed by atoms with Crippen LogP contribution in [-0.4, -0.2) is 39.5 Å². The Morgan fingerprint density at radius 2 is 1.76 bits per heavy atom. The molecule has 0 aromatic heterocycles. The van der Waals surface area contributed by atoms with Crippen LogP contribution in [0.15, 0.2) is 71.5 Å². The molecule has 0 fully saturated rings. The van der Waals surface area contributed by atoms with Gasteiger partial charge >= 0.3 is 5.69 Å². The molecule has 12 nitrogen and oxygen atoms in total. The highest BCUT2D eigenvalue weighted by molar-refractivity contribution is 6.07. The number of nitro groups is 1. The van der Waals surface area contributed by atoms with Gasteiger partial charge in [0.15, 0.2) is 17.2 Å². The molecule has 1 aliphatic heterocycles. The number of nitrogens with one attached hydrogen (secondary N) is 2. The number of carbonyl (C=O) groups is 2. The molecule has 2 amide bonds. The zero-order valence-corrected chi connectivity index (χ0v) is 19.3. The molecule has 0 saturated carbocycles. The van der Waals surface area contributed by atoms with E-state index in [-0.39, 0.29) is 23.8 Å². The van der Waals surface area contributed by atoms with Gasteiger partial charge in [0.1, 0.15) is 11.4 Å². The van der Waals surface area contributed by atoms with Gasteiger partial charge in [-0.05, 0) is 42.8 Å². The van der Waals surface area contributed by atoms with Crippen LogP contribution in [0.1, 0.15) is 28.4 Å². The number of amides is 2. The van der Waals surface area contributed by atoms with Crippen molar-refractivity contribution < 1.29 is 34.2 Å². The van der Waals surface area contributed by atoms with Crippen LogP contribution in [0, 0.1) is 10.1 Å². The van der Waals surface area contributed by atoms with Crippen LogP contribution < -0.4 is 20.2 Å². The van der Waals surface area contributed by atoms with Gasteiger partial charge in [-0.25, -0.2) is 5.43 Å². The fourth-order valence-electron chi connectivity index (χ4n) is 3.37. The molecule has 12 heteroatoms. The van der Waals surface area contributed by atoms with E-state index in [1.807, 2.05) is 0 Å². The van der Waals surface area contributed by atoms with E-state index in [0.29, 0.717) is 22.6 Å². The van der Waals surface area contributed by atoms with Crippen molar-refractivity contribution in [1.29, 1.82) is 0 Å². The van der Waals surface area contributed by atoms with Crippen LogP contribution in [0.3, 0.4) is 0 Å². The molecule has 0 spiro atoms. The lowest BCUT2D eigenvalue weighted by atomic mass is 10.1. The van der Waals surface area contributed by atoms with Crippen LogP contribution >= 0.6 is 0 Å². The van der Waals surface area contributed by atoms with Crippen molar-refractivity contribution in [2.24, 2.45) is 5.10 Å². The van der Waals surface area contributed by atoms with E-state index in [1.54, 1.807) is 48.5 Å². The molecule has 3 aromatic rings. The normalized spacial score (nSPS) is 12.7. The molecule has 4 N–H and O–H groups in total. The molecule has 0 radical (unpaired) electrons. The van der Waals surface area contributed by atoms with Gasteiger partial charge in [-0.15, -0.1) is 0 Å². The second-order valence-electron chi connectivity index (χ2n) is 7.74. The summed E-state index contributed by atoms with van der Waals surface area (Å²) in [5, 5.41) is 37.3. The molecular weight excluding hydrogens is 484 g/mol. The van der Waals surface area contributed by atoms with E-state index in [4.69, 9.17) is 9.47 Å². The quantitative estimate of drug-likeness (QED) is 0.164. The van der Waals surface area contributed by atoms with Crippen molar-refractivity contribution in [1.82, 2.24) is 10.7 Å². The van der Waals surface area contributed by atoms with Gasteiger partial charge in [0.2, 0.25) is 6.79 Å². The maximum atomic E-state index is 13.0. The number of rotatable bonds is 7. The number of nitro benzene ring substituents is 1. The number of hydrogen-bond donors (Lipinski definition) is 4. The SMILES string of the molecule is CC(=NNC(=O)C(=Cc1ccc2c(c1)OCO2)NC(=O)c1ccccc1)c1cc([N+](=O)[O-])c(O)cc1O. The molecule has 0 saturated heterocycles. The summed E-state index contributed by atoms with van der Waals surface area (Å²) >= 11 is 0. The van der Waals surface area contributed by atoms with E-state index >= 15 is 0 Å². The smallest absolute Gasteiger partial charge is 0.311 e. The second-order valence-corrected chi connectivity index (χ2v) is 7.74. The molecule has 0 aliphatic carbocycles. The molecular formula is C25H20N4O8. The lowest BCUT2D eigenvalue weighted by Gasteiger charge is -2.10. The minimum Gasteiger partial charge on any atom is -0.507 e. The third-order valence-electron chi connectivity index (χ3n) is 5.24. The molecule has 1 heterocycles. The Kier molecular flexibility index (Phi) is 7.00. The van der Waals surface area contributed by atoms with Gasteiger partial charge in [-0.1, -0.05) is 24.3 Å². The molecule has 1 aliphatic rings. The lowest BCUT2D eigenvalue weighted by molar-refractivity contribution is -0.385. The van der Waals surface area contributed by atoms with Crippen LogP contribution in [0.2, 0.25) is 0 Å². The van der Waals surface area contributed by atoms with E-state index in [9.17, 15) is 29.9 Å². The van der Waals surface area contributed by atoms with E-state index in [1.165, 1.54) is 13.0 Å². The molecule has 0 atom stereocenters. The Labute approximate surface area is 209 Å². The van der Waals surface area contributed by atoms with Gasteiger partial charge < -0.3 is 25.0 Å². The fraction of sp³-hybridized carbons (Fsp3) is 0.0800. The molecule has 0 bridgehead atoms. The molecule has 37 heavy (non-hydrogen) atoms. The number of ether oxygens (including phenoxy) is 2. The summed E-state index contributed by atoms with van der Waals surface area (Å²) < 4.78 is 10.6. The van der Waals surface area contributed by atoms with E-state index in [0.717, 1.165) is 12.1 Å². The van der Waals surface area contributed by atoms with Crippen molar-refractivity contribution in [3.8, 4) is 23.0 Å². The summed E-state index contributed by atoms with van der Waals surface area (Å²) in [6.45, 7) is 1.46. The molecule has 3 aromatic carbocycles. The average molecular weight is 504 g/mol. The summed E-state index contributed by atoms with van der Waals surface area (Å²) in [6, 6.07) is 14.9. The minimum absolute atomic E-state index is 0.00534. The number of aromatic hydroxyl groups is 2. The van der Waals surface area contributed by atoms with Gasteiger partial charge in [-0.2, -0.15) is 5.10 Å². The maximum absolute atomic E-state index is 13.0. The Hall–Kier alpha value is -5.39. The number of benzene rings is 3. The maximum Gasteiger partial charge on any atom is 0.311 e. The number of fused-ring (bicyclic) bond motifs is 1. The summed E-state index contributed by atoms with van der Waals surface area (Å²) in [7, 11) is 0. The van der Waals surface area contributed by atoms with Gasteiger partial charge in [0, 0.05) is 23.3 Å². The van der Waals surface area contributed by atoms with E-state index < -0.39 is 33.9 Å². The molecule has 0 unspecified atom stereocenters. The number of carbonyl (C=O) groups excluding carboxylic acids is 2. The van der Waals surface area contributed by atoms with Crippen molar-refractivity contribution in [2.75, 3.05) is 6.79 Å². The third-order valence-corrected chi connectivity index (χ3v) is 5.24. The number of hydrazone groups is 1. The Bertz CT molecular complexity index is 1450. The standard InChI is InChI=1S/C25H20N4O8/c1-14(17-11-19(29(34)35)21(31)12-20(17)30)27-28-25(33)18(26-24(32)16-5-3-2-4-6-16)9-15-7-8-22-23(10-15)37-13-36-22/h2-12,30-31H,13H2,1H3,(H,26,32)(H,28,33). The summed E-state index contributed by atoms with van der Waals surface area (Å²) in [4.78, 5) is 36.1. The first-order chi connectivity index (χ1) is 17.7. The number of phenols is 2. The number of nitrogens with zero attached hydrogens (tertiary/aromatic N) is 2. The fourth-order valence-corrected chi connectivity index (χ4v) is 3.37. The molecule has 4 rings (SSSR count). The first-order valence-electron chi connectivity index (χ1n) is 10.8. The van der Waals surface area contributed by atoms with E-state index in [2.05, 4.69) is 15.8 Å². The van der Waals surface area contributed by atoms with Gasteiger partial charge in [0.05, 0.1) is 10.6 Å². The van der Waals surface area contributed by atoms with Crippen molar-refractivity contribution in [3.63, 3.8) is 0 Å². The van der Waals surface area contributed by atoms with Crippen molar-refractivity contribution >= 4 is 29.3 Å². The van der Waals surface area contributed by atoms with Crippen LogP contribution in [0.25, 0.3) is 6.08 Å². The highest BCUT2D eigenvalue weighted by Crippen LogP contribution is 2.34. The minimum atomic E-state index is -0.824. The van der Waals surface area contributed by atoms with Crippen molar-refractivity contribution in [3.05, 3.63) is 93.2 Å². The summed E-state index contributed by atoms with van der Waals surface area (Å²) in [5.74, 6) is -1.54.